The third kappa shape index (κ3) is 2.30. The maximum atomic E-state index is 10.3. The molecule has 0 aromatic carbocycles. The molecule has 0 aliphatic carbocycles. The Kier molecular flexibility index (Phi) is 3.89. The highest BCUT2D eigenvalue weighted by molar-refractivity contribution is 5.69. The minimum atomic E-state index is -1.55. The van der Waals surface area contributed by atoms with Crippen LogP contribution in [-0.2, 0) is 0 Å². The molecule has 12 heavy (non-hydrogen) atoms. The predicted octanol–water partition coefficient (Wildman–Crippen LogP) is -1.77. The maximum Gasteiger partial charge on any atom is 0.156 e. The van der Waals surface area contributed by atoms with Crippen molar-refractivity contribution in [3.8, 4) is 0 Å². The molecule has 0 rings (SSSR count). The molecule has 0 saturated heterocycles. The first-order chi connectivity index (χ1) is 5.54. The zero-order valence-corrected chi connectivity index (χ0v) is 6.94. The van der Waals surface area contributed by atoms with E-state index in [1.807, 2.05) is 0 Å². The lowest BCUT2D eigenvalue weighted by molar-refractivity contribution is -0.304. The van der Waals surface area contributed by atoms with E-state index >= 15 is 0 Å². The molecule has 0 atom stereocenters. The summed E-state index contributed by atoms with van der Waals surface area (Å²) in [5.74, 6) is 0. The molecule has 0 spiro atoms. The van der Waals surface area contributed by atoms with Gasteiger partial charge in [-0.05, 0) is 13.8 Å². The average molecular weight is 174 g/mol. The number of nitrogens with zero attached hydrogens (tertiary/aromatic N) is 2. The van der Waals surface area contributed by atoms with E-state index in [4.69, 9.17) is 0 Å². The molecule has 2 amide bonds. The van der Waals surface area contributed by atoms with Crippen molar-refractivity contribution in [1.29, 1.82) is 0 Å². The molecule has 0 aliphatic rings. The summed E-state index contributed by atoms with van der Waals surface area (Å²) < 4.78 is 0. The average Bonchev–Trinajstić information content (AvgIpc) is 1.98. The third-order valence-corrected chi connectivity index (χ3v) is 1.31. The van der Waals surface area contributed by atoms with E-state index in [2.05, 4.69) is 0 Å². The second-order valence-corrected chi connectivity index (χ2v) is 1.96. The normalized spacial score (nSPS) is 9.17. The molecule has 0 aromatic rings. The molecule has 0 radical (unpaired) electrons. The van der Waals surface area contributed by atoms with Crippen molar-refractivity contribution in [3.05, 3.63) is 0 Å². The fourth-order valence-corrected chi connectivity index (χ4v) is 0.797. The van der Waals surface area contributed by atoms with Gasteiger partial charge in [0.2, 0.25) is 0 Å². The van der Waals surface area contributed by atoms with E-state index in [0.717, 1.165) is 0 Å². The van der Waals surface area contributed by atoms with Crippen molar-refractivity contribution in [2.24, 2.45) is 0 Å². The number of carboxylic acid groups (broad SMARTS) is 2. The molecule has 0 saturated carbocycles. The van der Waals surface area contributed by atoms with Gasteiger partial charge in [0.15, 0.2) is 12.2 Å². The molecule has 6 nitrogen and oxygen atoms in total. The van der Waals surface area contributed by atoms with Crippen molar-refractivity contribution in [1.82, 2.24) is 10.0 Å². The van der Waals surface area contributed by atoms with Gasteiger partial charge in [-0.25, -0.2) is 0 Å². The molecule has 0 N–H and O–H groups in total. The van der Waals surface area contributed by atoms with Gasteiger partial charge >= 0.3 is 0 Å². The molecular formula is C6H10N2O4-2. The number of carbonyl (C=O) groups is 2. The largest absolute Gasteiger partial charge is 0.529 e. The van der Waals surface area contributed by atoms with Crippen LogP contribution >= 0.6 is 0 Å². The highest BCUT2D eigenvalue weighted by Gasteiger charge is 2.10. The highest BCUT2D eigenvalue weighted by atomic mass is 16.4. The standard InChI is InChI=1S/C6H12N2O4/c1-3-7(5(9)10)8(4-2)6(11)12/h3-4H2,1-2H3,(H,9,10)(H,11,12)/p-2. The van der Waals surface area contributed by atoms with Crippen LogP contribution in [0.2, 0.25) is 0 Å². The quantitative estimate of drug-likeness (QED) is 0.463. The minimum Gasteiger partial charge on any atom is -0.529 e. The van der Waals surface area contributed by atoms with E-state index in [1.54, 1.807) is 0 Å². The van der Waals surface area contributed by atoms with E-state index in [0.29, 0.717) is 10.0 Å². The van der Waals surface area contributed by atoms with Crippen molar-refractivity contribution >= 4 is 12.2 Å². The first-order valence-corrected chi connectivity index (χ1v) is 3.51. The third-order valence-electron chi connectivity index (χ3n) is 1.31. The summed E-state index contributed by atoms with van der Waals surface area (Å²) in [5.41, 5.74) is 0. The van der Waals surface area contributed by atoms with Crippen LogP contribution in [0.25, 0.3) is 0 Å². The molecule has 70 valence electrons. The number of hydrogen-bond acceptors (Lipinski definition) is 4. The summed E-state index contributed by atoms with van der Waals surface area (Å²) in [5, 5.41) is 21.8. The van der Waals surface area contributed by atoms with Gasteiger partial charge in [-0.1, -0.05) is 0 Å². The Hall–Kier alpha value is -1.46. The van der Waals surface area contributed by atoms with E-state index < -0.39 is 12.2 Å². The molecule has 0 unspecified atom stereocenters. The molecule has 0 heterocycles. The molecular weight excluding hydrogens is 164 g/mol. The SMILES string of the molecule is CCN(C(=O)[O-])N(CC)C(=O)[O-]. The number of hydrogen-bond donors (Lipinski definition) is 0. The van der Waals surface area contributed by atoms with Crippen LogP contribution in [0, 0.1) is 0 Å². The van der Waals surface area contributed by atoms with Crippen LogP contribution in [0.4, 0.5) is 9.59 Å². The Morgan fingerprint density at radius 1 is 1.00 bits per heavy atom. The summed E-state index contributed by atoms with van der Waals surface area (Å²) in [4.78, 5) is 20.6. The fourth-order valence-electron chi connectivity index (χ4n) is 0.797. The Morgan fingerprint density at radius 2 is 1.25 bits per heavy atom. The Labute approximate surface area is 70.0 Å². The number of carbonyl (C=O) groups excluding carboxylic acids is 2. The lowest BCUT2D eigenvalue weighted by Crippen LogP contribution is -2.57. The highest BCUT2D eigenvalue weighted by Crippen LogP contribution is 1.95. The van der Waals surface area contributed by atoms with Gasteiger partial charge in [-0.3, -0.25) is 10.0 Å². The van der Waals surface area contributed by atoms with Gasteiger partial charge in [0.05, 0.1) is 0 Å². The molecule has 0 aromatic heterocycles. The smallest absolute Gasteiger partial charge is 0.156 e. The monoisotopic (exact) mass is 174 g/mol. The predicted molar refractivity (Wildman–Crippen MR) is 35.6 cm³/mol. The van der Waals surface area contributed by atoms with Gasteiger partial charge in [0.1, 0.15) is 0 Å². The van der Waals surface area contributed by atoms with E-state index in [9.17, 15) is 19.8 Å². The molecule has 0 bridgehead atoms. The Morgan fingerprint density at radius 3 is 1.33 bits per heavy atom. The maximum absolute atomic E-state index is 10.3. The fraction of sp³-hybridized carbons (Fsp3) is 0.667. The van der Waals surface area contributed by atoms with Gasteiger partial charge in [-0.15, -0.1) is 0 Å². The van der Waals surface area contributed by atoms with Gasteiger partial charge in [0.25, 0.3) is 0 Å². The first kappa shape index (κ1) is 10.5. The van der Waals surface area contributed by atoms with Gasteiger partial charge < -0.3 is 19.8 Å². The van der Waals surface area contributed by atoms with Crippen LogP contribution in [0.5, 0.6) is 0 Å². The van der Waals surface area contributed by atoms with Crippen molar-refractivity contribution in [2.75, 3.05) is 13.1 Å². The van der Waals surface area contributed by atoms with Crippen molar-refractivity contribution in [3.63, 3.8) is 0 Å². The number of amides is 2. The second-order valence-electron chi connectivity index (χ2n) is 1.96. The van der Waals surface area contributed by atoms with Crippen molar-refractivity contribution < 1.29 is 19.8 Å². The van der Waals surface area contributed by atoms with Crippen LogP contribution in [0.3, 0.4) is 0 Å². The van der Waals surface area contributed by atoms with Gasteiger partial charge in [0, 0.05) is 13.1 Å². The van der Waals surface area contributed by atoms with Crippen LogP contribution in [0.1, 0.15) is 13.8 Å². The summed E-state index contributed by atoms with van der Waals surface area (Å²) >= 11 is 0. The Bertz CT molecular complexity index is 162. The summed E-state index contributed by atoms with van der Waals surface area (Å²) in [6, 6.07) is 0. The molecule has 0 aliphatic heterocycles. The van der Waals surface area contributed by atoms with E-state index in [-0.39, 0.29) is 13.1 Å². The van der Waals surface area contributed by atoms with Crippen LogP contribution in [0.15, 0.2) is 0 Å². The summed E-state index contributed by atoms with van der Waals surface area (Å²) in [6.45, 7) is 3.04. The summed E-state index contributed by atoms with van der Waals surface area (Å²) in [7, 11) is 0. The minimum absolute atomic E-state index is 0.0180. The number of rotatable bonds is 2. The topological polar surface area (TPSA) is 86.7 Å². The second kappa shape index (κ2) is 4.42. The summed E-state index contributed by atoms with van der Waals surface area (Å²) in [6.07, 6.45) is -3.10. The van der Waals surface area contributed by atoms with Crippen LogP contribution < -0.4 is 10.2 Å². The first-order valence-electron chi connectivity index (χ1n) is 3.51. The lowest BCUT2D eigenvalue weighted by atomic mass is 10.6. The zero-order chi connectivity index (χ0) is 9.72. The van der Waals surface area contributed by atoms with Gasteiger partial charge in [-0.2, -0.15) is 0 Å². The molecule has 6 heteroatoms. The zero-order valence-electron chi connectivity index (χ0n) is 6.94. The number of hydrazine groups is 1. The Balaban J connectivity index is 4.44. The lowest BCUT2D eigenvalue weighted by Gasteiger charge is -2.36. The molecule has 0 fully saturated rings. The van der Waals surface area contributed by atoms with E-state index in [1.165, 1.54) is 13.8 Å². The van der Waals surface area contributed by atoms with Crippen molar-refractivity contribution in [2.45, 2.75) is 13.8 Å². The van der Waals surface area contributed by atoms with Crippen LogP contribution in [-0.4, -0.2) is 35.3 Å².